The summed E-state index contributed by atoms with van der Waals surface area (Å²) in [5.41, 5.74) is 1.09. The van der Waals surface area contributed by atoms with Gasteiger partial charge in [0.2, 0.25) is 0 Å². The van der Waals surface area contributed by atoms with E-state index in [0.717, 1.165) is 35.4 Å². The third kappa shape index (κ3) is 7.10. The van der Waals surface area contributed by atoms with E-state index in [1.54, 1.807) is 7.05 Å². The molecule has 0 heterocycles. The lowest BCUT2D eigenvalue weighted by Gasteiger charge is -2.27. The number of hydrogen-bond donors (Lipinski definition) is 2. The van der Waals surface area contributed by atoms with Crippen molar-refractivity contribution in [3.05, 3.63) is 34.9 Å². The molecule has 1 aromatic rings. The average Bonchev–Trinajstić information content (AvgIpc) is 2.43. The van der Waals surface area contributed by atoms with Crippen LogP contribution in [0.25, 0.3) is 0 Å². The summed E-state index contributed by atoms with van der Waals surface area (Å²) in [7, 11) is 1.79. The van der Waals surface area contributed by atoms with E-state index in [2.05, 4.69) is 41.8 Å². The second-order valence-corrected chi connectivity index (χ2v) is 6.60. The van der Waals surface area contributed by atoms with Crippen molar-refractivity contribution in [2.45, 2.75) is 19.3 Å². The Balaban J connectivity index is 0.00000400. The van der Waals surface area contributed by atoms with Crippen LogP contribution in [0.1, 0.15) is 19.4 Å². The largest absolute Gasteiger partial charge is 0.356 e. The predicted molar refractivity (Wildman–Crippen MR) is 108 cm³/mol. The molecule has 0 saturated carbocycles. The maximum atomic E-state index is 6.28. The molecule has 1 rings (SSSR count). The lowest BCUT2D eigenvalue weighted by Crippen LogP contribution is -2.44. The van der Waals surface area contributed by atoms with Crippen LogP contribution in [-0.4, -0.2) is 38.1 Å². The summed E-state index contributed by atoms with van der Waals surface area (Å²) in [6.45, 7) is 6.04. The van der Waals surface area contributed by atoms with E-state index in [1.165, 1.54) is 0 Å². The fourth-order valence-corrected chi connectivity index (χ4v) is 2.60. The van der Waals surface area contributed by atoms with Gasteiger partial charge in [0.25, 0.3) is 0 Å². The van der Waals surface area contributed by atoms with Crippen molar-refractivity contribution in [3.63, 3.8) is 0 Å². The van der Waals surface area contributed by atoms with Gasteiger partial charge in [-0.1, -0.05) is 43.6 Å². The summed E-state index contributed by atoms with van der Waals surface area (Å²) >= 11 is 8.10. The van der Waals surface area contributed by atoms with Crippen LogP contribution in [0.3, 0.4) is 0 Å². The molecule has 0 aliphatic rings. The number of nitrogens with zero attached hydrogens (tertiary/aromatic N) is 1. The van der Waals surface area contributed by atoms with Crippen molar-refractivity contribution in [2.24, 2.45) is 4.99 Å². The molecule has 0 unspecified atom stereocenters. The Morgan fingerprint density at radius 1 is 1.29 bits per heavy atom. The SMILES string of the molecule is CN=C(NCCSC)NCC(C)(C)c1ccccc1Cl.I. The van der Waals surface area contributed by atoms with Crippen LogP contribution < -0.4 is 10.6 Å². The Morgan fingerprint density at radius 3 is 2.52 bits per heavy atom. The second kappa shape index (κ2) is 10.6. The first-order valence-electron chi connectivity index (χ1n) is 6.69. The molecule has 6 heteroatoms. The zero-order valence-corrected chi connectivity index (χ0v) is 17.0. The molecule has 0 aliphatic heterocycles. The van der Waals surface area contributed by atoms with Crippen molar-refractivity contribution in [1.29, 1.82) is 0 Å². The molecule has 0 aromatic heterocycles. The highest BCUT2D eigenvalue weighted by Gasteiger charge is 2.23. The van der Waals surface area contributed by atoms with E-state index in [-0.39, 0.29) is 29.4 Å². The molecule has 21 heavy (non-hydrogen) atoms. The summed E-state index contributed by atoms with van der Waals surface area (Å²) in [6.07, 6.45) is 2.10. The molecule has 0 saturated heterocycles. The molecule has 3 nitrogen and oxygen atoms in total. The van der Waals surface area contributed by atoms with E-state index in [9.17, 15) is 0 Å². The first kappa shape index (κ1) is 20.9. The van der Waals surface area contributed by atoms with Gasteiger partial charge in [-0.3, -0.25) is 4.99 Å². The normalized spacial score (nSPS) is 11.8. The van der Waals surface area contributed by atoms with Crippen molar-refractivity contribution in [2.75, 3.05) is 32.1 Å². The van der Waals surface area contributed by atoms with E-state index in [4.69, 9.17) is 11.6 Å². The number of halogens is 2. The van der Waals surface area contributed by atoms with Gasteiger partial charge >= 0.3 is 0 Å². The minimum Gasteiger partial charge on any atom is -0.356 e. The van der Waals surface area contributed by atoms with Gasteiger partial charge in [-0.15, -0.1) is 24.0 Å². The fourth-order valence-electron chi connectivity index (χ4n) is 1.90. The molecule has 2 N–H and O–H groups in total. The van der Waals surface area contributed by atoms with Gasteiger partial charge in [0.05, 0.1) is 0 Å². The summed E-state index contributed by atoms with van der Waals surface area (Å²) in [6, 6.07) is 7.99. The number of thioether (sulfide) groups is 1. The highest BCUT2D eigenvalue weighted by atomic mass is 127. The van der Waals surface area contributed by atoms with Gasteiger partial charge in [-0.05, 0) is 17.9 Å². The summed E-state index contributed by atoms with van der Waals surface area (Å²) in [5, 5.41) is 7.47. The van der Waals surface area contributed by atoms with E-state index in [1.807, 2.05) is 30.0 Å². The zero-order valence-electron chi connectivity index (χ0n) is 13.1. The fraction of sp³-hybridized carbons (Fsp3) is 0.533. The Hall–Kier alpha value is -0.140. The molecule has 0 radical (unpaired) electrons. The molecular weight excluding hydrogens is 417 g/mol. The average molecular weight is 442 g/mol. The maximum Gasteiger partial charge on any atom is 0.191 e. The van der Waals surface area contributed by atoms with Crippen LogP contribution in [0.4, 0.5) is 0 Å². The van der Waals surface area contributed by atoms with Crippen molar-refractivity contribution in [3.8, 4) is 0 Å². The number of nitrogens with one attached hydrogen (secondary N) is 2. The van der Waals surface area contributed by atoms with E-state index < -0.39 is 0 Å². The molecule has 120 valence electrons. The van der Waals surface area contributed by atoms with Gasteiger partial charge < -0.3 is 10.6 Å². The van der Waals surface area contributed by atoms with Gasteiger partial charge in [0.15, 0.2) is 5.96 Å². The summed E-state index contributed by atoms with van der Waals surface area (Å²) in [5.74, 6) is 1.90. The smallest absolute Gasteiger partial charge is 0.191 e. The third-order valence-electron chi connectivity index (χ3n) is 3.12. The zero-order chi connectivity index (χ0) is 15.0. The second-order valence-electron chi connectivity index (χ2n) is 5.21. The molecule has 0 atom stereocenters. The third-order valence-corrected chi connectivity index (χ3v) is 4.06. The van der Waals surface area contributed by atoms with Gasteiger partial charge in [0.1, 0.15) is 0 Å². The minimum atomic E-state index is -0.0600. The maximum absolute atomic E-state index is 6.28. The highest BCUT2D eigenvalue weighted by molar-refractivity contribution is 14.0. The quantitative estimate of drug-likeness (QED) is 0.305. The number of hydrogen-bond acceptors (Lipinski definition) is 2. The Kier molecular flexibility index (Phi) is 10.5. The van der Waals surface area contributed by atoms with Crippen LogP contribution >= 0.6 is 47.3 Å². The Bertz CT molecular complexity index is 452. The first-order valence-corrected chi connectivity index (χ1v) is 8.47. The Labute approximate surface area is 154 Å². The van der Waals surface area contributed by atoms with Gasteiger partial charge in [-0.2, -0.15) is 11.8 Å². The number of rotatable bonds is 6. The topological polar surface area (TPSA) is 36.4 Å². The molecular formula is C15H25ClIN3S. The standard InChI is InChI=1S/C15H24ClN3S.HI/c1-15(2,12-7-5-6-8-13(12)16)11-19-14(17-3)18-9-10-20-4;/h5-8H,9-11H2,1-4H3,(H2,17,18,19);1H. The van der Waals surface area contributed by atoms with Crippen LogP contribution in [0.15, 0.2) is 29.3 Å². The lowest BCUT2D eigenvalue weighted by molar-refractivity contribution is 0.509. The molecule has 0 fully saturated rings. The molecule has 0 aliphatic carbocycles. The van der Waals surface area contributed by atoms with E-state index >= 15 is 0 Å². The number of guanidine groups is 1. The predicted octanol–water partition coefficient (Wildman–Crippen LogP) is 3.76. The molecule has 0 amide bonds. The first-order chi connectivity index (χ1) is 9.51. The number of aliphatic imine (C=N–C) groups is 1. The Morgan fingerprint density at radius 2 is 1.95 bits per heavy atom. The van der Waals surface area contributed by atoms with Crippen LogP contribution in [0.5, 0.6) is 0 Å². The van der Waals surface area contributed by atoms with Crippen molar-refractivity contribution >= 4 is 53.3 Å². The molecule has 1 aromatic carbocycles. The van der Waals surface area contributed by atoms with E-state index in [0.29, 0.717) is 0 Å². The van der Waals surface area contributed by atoms with Gasteiger partial charge in [0, 0.05) is 36.3 Å². The van der Waals surface area contributed by atoms with Gasteiger partial charge in [-0.25, -0.2) is 0 Å². The van der Waals surface area contributed by atoms with Crippen LogP contribution in [-0.2, 0) is 5.41 Å². The van der Waals surface area contributed by atoms with Crippen molar-refractivity contribution in [1.82, 2.24) is 10.6 Å². The summed E-state index contributed by atoms with van der Waals surface area (Å²) < 4.78 is 0. The lowest BCUT2D eigenvalue weighted by atomic mass is 9.84. The molecule has 0 spiro atoms. The van der Waals surface area contributed by atoms with Crippen LogP contribution in [0, 0.1) is 0 Å². The summed E-state index contributed by atoms with van der Waals surface area (Å²) in [4.78, 5) is 4.23. The van der Waals surface area contributed by atoms with Crippen LogP contribution in [0.2, 0.25) is 5.02 Å². The highest BCUT2D eigenvalue weighted by Crippen LogP contribution is 2.28. The minimum absolute atomic E-state index is 0. The number of benzene rings is 1. The monoisotopic (exact) mass is 441 g/mol. The molecule has 0 bridgehead atoms. The van der Waals surface area contributed by atoms with Crippen molar-refractivity contribution < 1.29 is 0 Å².